The van der Waals surface area contributed by atoms with Gasteiger partial charge in [-0.05, 0) is 18.5 Å². The number of carboxylic acid groups (broad SMARTS) is 1. The van der Waals surface area contributed by atoms with Crippen LogP contribution in [-0.4, -0.2) is 42.9 Å². The molecule has 6 N–H and O–H groups in total. The number of carbonyl (C=O) groups is 1. The van der Waals surface area contributed by atoms with E-state index in [0.717, 1.165) is 5.56 Å². The lowest BCUT2D eigenvalue weighted by Crippen LogP contribution is -2.53. The van der Waals surface area contributed by atoms with Crippen LogP contribution in [-0.2, 0) is 16.1 Å². The zero-order chi connectivity index (χ0) is 14.8. The van der Waals surface area contributed by atoms with Crippen molar-refractivity contribution >= 4 is 5.97 Å². The Labute approximate surface area is 119 Å². The van der Waals surface area contributed by atoms with Crippen LogP contribution in [0.25, 0.3) is 0 Å². The third-order valence-electron chi connectivity index (χ3n) is 2.97. The van der Waals surface area contributed by atoms with Crippen molar-refractivity contribution in [2.75, 3.05) is 26.2 Å². The highest BCUT2D eigenvalue weighted by molar-refractivity contribution is 5.78. The topological polar surface area (TPSA) is 111 Å². The zero-order valence-corrected chi connectivity index (χ0v) is 11.5. The lowest BCUT2D eigenvalue weighted by Gasteiger charge is -2.24. The van der Waals surface area contributed by atoms with Gasteiger partial charge in [-0.3, -0.25) is 4.79 Å². The van der Waals surface area contributed by atoms with Crippen molar-refractivity contribution in [2.45, 2.75) is 18.6 Å². The Kier molecular flexibility index (Phi) is 7.17. The summed E-state index contributed by atoms with van der Waals surface area (Å²) in [7, 11) is 0. The van der Waals surface area contributed by atoms with Crippen molar-refractivity contribution in [3.05, 3.63) is 35.9 Å². The molecule has 0 saturated heterocycles. The standard InChI is InChI=1S/C14H23N3O3/c15-7-9-17-8-6-14(16,13(18)19)11-20-10-12-4-2-1-3-5-12/h1-5,17H,6-11,15-16H2,(H,18,19). The molecule has 0 fully saturated rings. The Morgan fingerprint density at radius 1 is 1.30 bits per heavy atom. The Morgan fingerprint density at radius 3 is 2.60 bits per heavy atom. The monoisotopic (exact) mass is 281 g/mol. The molecular formula is C14H23N3O3. The van der Waals surface area contributed by atoms with E-state index >= 15 is 0 Å². The predicted molar refractivity (Wildman–Crippen MR) is 77.2 cm³/mol. The minimum absolute atomic E-state index is 0.0263. The van der Waals surface area contributed by atoms with Gasteiger partial charge in [-0.25, -0.2) is 0 Å². The second-order valence-electron chi connectivity index (χ2n) is 4.73. The normalized spacial score (nSPS) is 13.9. The van der Waals surface area contributed by atoms with Crippen molar-refractivity contribution in [1.82, 2.24) is 5.32 Å². The quantitative estimate of drug-likeness (QED) is 0.447. The summed E-state index contributed by atoms with van der Waals surface area (Å²) >= 11 is 0. The molecule has 0 radical (unpaired) electrons. The number of nitrogens with one attached hydrogen (secondary N) is 1. The summed E-state index contributed by atoms with van der Waals surface area (Å²) in [6, 6.07) is 9.56. The third-order valence-corrected chi connectivity index (χ3v) is 2.97. The summed E-state index contributed by atoms with van der Waals surface area (Å²) in [6.45, 7) is 1.97. The summed E-state index contributed by atoms with van der Waals surface area (Å²) in [5.74, 6) is -1.06. The molecule has 1 aromatic carbocycles. The summed E-state index contributed by atoms with van der Waals surface area (Å²) in [4.78, 5) is 11.3. The average molecular weight is 281 g/mol. The predicted octanol–water partition coefficient (Wildman–Crippen LogP) is -0.0763. The van der Waals surface area contributed by atoms with E-state index < -0.39 is 11.5 Å². The molecule has 1 aromatic rings. The molecule has 0 aliphatic rings. The molecule has 0 amide bonds. The van der Waals surface area contributed by atoms with Gasteiger partial charge in [0.1, 0.15) is 5.54 Å². The second-order valence-corrected chi connectivity index (χ2v) is 4.73. The molecule has 0 heterocycles. The highest BCUT2D eigenvalue weighted by Gasteiger charge is 2.33. The van der Waals surface area contributed by atoms with Gasteiger partial charge in [-0.2, -0.15) is 0 Å². The van der Waals surface area contributed by atoms with Crippen LogP contribution in [0.15, 0.2) is 30.3 Å². The van der Waals surface area contributed by atoms with Crippen LogP contribution in [0.3, 0.4) is 0 Å². The maximum absolute atomic E-state index is 11.3. The van der Waals surface area contributed by atoms with Crippen LogP contribution in [0.2, 0.25) is 0 Å². The Bertz CT molecular complexity index is 400. The highest BCUT2D eigenvalue weighted by Crippen LogP contribution is 2.09. The summed E-state index contributed by atoms with van der Waals surface area (Å²) < 4.78 is 5.44. The van der Waals surface area contributed by atoms with Crippen molar-refractivity contribution in [1.29, 1.82) is 0 Å². The number of hydrogen-bond acceptors (Lipinski definition) is 5. The number of benzene rings is 1. The Morgan fingerprint density at radius 2 is 2.00 bits per heavy atom. The van der Waals surface area contributed by atoms with Gasteiger partial charge in [-0.1, -0.05) is 30.3 Å². The highest BCUT2D eigenvalue weighted by atomic mass is 16.5. The van der Waals surface area contributed by atoms with Crippen LogP contribution in [0.1, 0.15) is 12.0 Å². The molecule has 0 aliphatic carbocycles. The molecule has 6 nitrogen and oxygen atoms in total. The average Bonchev–Trinajstić information content (AvgIpc) is 2.45. The van der Waals surface area contributed by atoms with E-state index in [4.69, 9.17) is 16.2 Å². The fourth-order valence-corrected chi connectivity index (χ4v) is 1.70. The van der Waals surface area contributed by atoms with Crippen LogP contribution >= 0.6 is 0 Å². The lowest BCUT2D eigenvalue weighted by atomic mass is 9.98. The summed E-state index contributed by atoms with van der Waals surface area (Å²) in [5.41, 5.74) is 10.8. The first-order chi connectivity index (χ1) is 9.58. The van der Waals surface area contributed by atoms with Gasteiger partial charge in [0.05, 0.1) is 13.2 Å². The first kappa shape index (κ1) is 16.6. The number of nitrogens with two attached hydrogens (primary N) is 2. The van der Waals surface area contributed by atoms with Gasteiger partial charge in [-0.15, -0.1) is 0 Å². The van der Waals surface area contributed by atoms with E-state index in [0.29, 0.717) is 26.2 Å². The van der Waals surface area contributed by atoms with E-state index in [9.17, 15) is 9.90 Å². The first-order valence-electron chi connectivity index (χ1n) is 6.63. The Hall–Kier alpha value is -1.47. The van der Waals surface area contributed by atoms with E-state index in [-0.39, 0.29) is 13.0 Å². The number of aliphatic carboxylic acids is 1. The van der Waals surface area contributed by atoms with Crippen LogP contribution < -0.4 is 16.8 Å². The zero-order valence-electron chi connectivity index (χ0n) is 11.5. The first-order valence-corrected chi connectivity index (χ1v) is 6.63. The largest absolute Gasteiger partial charge is 0.480 e. The van der Waals surface area contributed by atoms with Crippen LogP contribution in [0.5, 0.6) is 0 Å². The molecule has 0 saturated carbocycles. The molecule has 20 heavy (non-hydrogen) atoms. The number of ether oxygens (including phenoxy) is 1. The second kappa shape index (κ2) is 8.65. The van der Waals surface area contributed by atoms with Crippen molar-refractivity contribution in [3.63, 3.8) is 0 Å². The SMILES string of the molecule is NCCNCCC(N)(COCc1ccccc1)C(=O)O. The van der Waals surface area contributed by atoms with Crippen molar-refractivity contribution < 1.29 is 14.6 Å². The van der Waals surface area contributed by atoms with E-state index in [1.165, 1.54) is 0 Å². The van der Waals surface area contributed by atoms with Crippen molar-refractivity contribution in [3.8, 4) is 0 Å². The molecule has 0 aromatic heterocycles. The molecular weight excluding hydrogens is 258 g/mol. The molecule has 112 valence electrons. The number of carboxylic acids is 1. The minimum Gasteiger partial charge on any atom is -0.480 e. The summed E-state index contributed by atoms with van der Waals surface area (Å²) in [6.07, 6.45) is 0.289. The fraction of sp³-hybridized carbons (Fsp3) is 0.500. The van der Waals surface area contributed by atoms with Crippen LogP contribution in [0.4, 0.5) is 0 Å². The molecule has 0 bridgehead atoms. The summed E-state index contributed by atoms with van der Waals surface area (Å²) in [5, 5.41) is 12.3. The Balaban J connectivity index is 2.39. The minimum atomic E-state index is -1.38. The molecule has 0 aliphatic heterocycles. The molecule has 1 unspecified atom stereocenters. The van der Waals surface area contributed by atoms with Crippen molar-refractivity contribution in [2.24, 2.45) is 11.5 Å². The van der Waals surface area contributed by atoms with Crippen LogP contribution in [0, 0.1) is 0 Å². The van der Waals surface area contributed by atoms with E-state index in [2.05, 4.69) is 5.32 Å². The van der Waals surface area contributed by atoms with Gasteiger partial charge in [0.25, 0.3) is 0 Å². The molecule has 0 spiro atoms. The maximum atomic E-state index is 11.3. The lowest BCUT2D eigenvalue weighted by molar-refractivity contribution is -0.146. The number of hydrogen-bond donors (Lipinski definition) is 4. The number of rotatable bonds is 10. The van der Waals surface area contributed by atoms with Gasteiger partial charge in [0.2, 0.25) is 0 Å². The van der Waals surface area contributed by atoms with E-state index in [1.54, 1.807) is 0 Å². The molecule has 1 rings (SSSR count). The molecule has 1 atom stereocenters. The smallest absolute Gasteiger partial charge is 0.326 e. The van der Waals surface area contributed by atoms with Gasteiger partial charge in [0, 0.05) is 13.1 Å². The molecule has 6 heteroatoms. The van der Waals surface area contributed by atoms with Gasteiger partial charge >= 0.3 is 5.97 Å². The third kappa shape index (κ3) is 5.66. The van der Waals surface area contributed by atoms with Gasteiger partial charge in [0.15, 0.2) is 0 Å². The van der Waals surface area contributed by atoms with E-state index in [1.807, 2.05) is 30.3 Å². The van der Waals surface area contributed by atoms with Gasteiger partial charge < -0.3 is 26.6 Å². The fourth-order valence-electron chi connectivity index (χ4n) is 1.70. The maximum Gasteiger partial charge on any atom is 0.326 e.